The molecule has 1 saturated heterocycles. The molecule has 10 N–H and O–H groups in total. The van der Waals surface area contributed by atoms with E-state index in [0.29, 0.717) is 24.1 Å². The largest absolute Gasteiger partial charge is 0.505 e. The van der Waals surface area contributed by atoms with Gasteiger partial charge in [-0.3, -0.25) is 14.4 Å². The second-order valence-electron chi connectivity index (χ2n) is 13.8. The van der Waals surface area contributed by atoms with Crippen LogP contribution in [-0.4, -0.2) is 96.8 Å². The maximum absolute atomic E-state index is 13.6. The molecule has 1 aromatic carbocycles. The van der Waals surface area contributed by atoms with Crippen LogP contribution >= 0.6 is 0 Å². The van der Waals surface area contributed by atoms with Crippen LogP contribution in [-0.2, 0) is 16.0 Å². The van der Waals surface area contributed by atoms with Crippen molar-refractivity contribution in [3.8, 4) is 5.75 Å². The van der Waals surface area contributed by atoms with Crippen molar-refractivity contribution in [3.63, 3.8) is 0 Å². The standard InChI is InChI=1S/C30H48N4O6.C2H7N.H2O.2H2/c1-29(2)14-19(15-30(3,4)33-29)32-22-12-23(34(5)6)20-10-17(11-25(38)27(20)28(22)40)9-18(7-8-35)21(16-36)24(37)13-26(31)39;1-3-2;;;/h12,17-19,21,32-33,35-36,40H,7-11,13-16H2,1-6H3,(H2,31,39);3H,1-2H3;1H2;2*1H. The molecule has 12 heteroatoms. The number of primary amides is 1. The molecular formula is C32H61N5O7. The van der Waals surface area contributed by atoms with E-state index in [2.05, 4.69) is 43.6 Å². The quantitative estimate of drug-likeness (QED) is 0.132. The van der Waals surface area contributed by atoms with Crippen molar-refractivity contribution in [3.05, 3.63) is 17.2 Å². The number of nitrogens with two attached hydrogens (primary N) is 1. The Morgan fingerprint density at radius 1 is 1.14 bits per heavy atom. The van der Waals surface area contributed by atoms with Gasteiger partial charge in [0, 0.05) is 58.7 Å². The van der Waals surface area contributed by atoms with E-state index in [1.165, 1.54) is 0 Å². The number of hydrogen-bond acceptors (Lipinski definition) is 10. The molecule has 1 aromatic rings. The van der Waals surface area contributed by atoms with Crippen LogP contribution in [0.15, 0.2) is 6.07 Å². The second kappa shape index (κ2) is 16.5. The lowest BCUT2D eigenvalue weighted by Gasteiger charge is -2.47. The molecule has 0 radical (unpaired) electrons. The Morgan fingerprint density at radius 3 is 2.18 bits per heavy atom. The summed E-state index contributed by atoms with van der Waals surface area (Å²) in [6.45, 7) is 8.00. The van der Waals surface area contributed by atoms with Crippen LogP contribution in [0.4, 0.5) is 11.4 Å². The number of fused-ring (bicyclic) bond motifs is 1. The number of aromatic hydroxyl groups is 1. The second-order valence-corrected chi connectivity index (χ2v) is 13.8. The van der Waals surface area contributed by atoms with Gasteiger partial charge in [0.2, 0.25) is 5.91 Å². The van der Waals surface area contributed by atoms with Crippen LogP contribution in [0.3, 0.4) is 0 Å². The number of phenols is 1. The van der Waals surface area contributed by atoms with Gasteiger partial charge in [-0.25, -0.2) is 0 Å². The lowest BCUT2D eigenvalue weighted by atomic mass is 9.73. The molecule has 1 aliphatic carbocycles. The topological polar surface area (TPSA) is 209 Å². The maximum atomic E-state index is 13.6. The maximum Gasteiger partial charge on any atom is 0.224 e. The third-order valence-corrected chi connectivity index (χ3v) is 8.33. The third kappa shape index (κ3) is 10.4. The number of carbonyl (C=O) groups is 3. The molecule has 0 spiro atoms. The molecule has 3 rings (SSSR count). The van der Waals surface area contributed by atoms with Crippen molar-refractivity contribution in [1.29, 1.82) is 0 Å². The summed E-state index contributed by atoms with van der Waals surface area (Å²) < 4.78 is 0. The number of aliphatic hydroxyl groups excluding tert-OH is 2. The Morgan fingerprint density at radius 2 is 1.70 bits per heavy atom. The minimum atomic E-state index is -0.845. The van der Waals surface area contributed by atoms with Gasteiger partial charge < -0.3 is 47.4 Å². The molecule has 256 valence electrons. The van der Waals surface area contributed by atoms with E-state index < -0.39 is 36.6 Å². The van der Waals surface area contributed by atoms with Crippen molar-refractivity contribution in [2.75, 3.05) is 51.6 Å². The highest BCUT2D eigenvalue weighted by Crippen LogP contribution is 2.45. The number of nitrogens with one attached hydrogen (secondary N) is 3. The number of Topliss-reactive ketones (excluding diaryl/α,β-unsaturated/α-hetero) is 2. The fourth-order valence-corrected chi connectivity index (χ4v) is 7.14. The number of hydrogen-bond donors (Lipinski definition) is 7. The molecule has 1 aliphatic heterocycles. The molecule has 2 aliphatic rings. The predicted molar refractivity (Wildman–Crippen MR) is 179 cm³/mol. The summed E-state index contributed by atoms with van der Waals surface area (Å²) in [5, 5.41) is 40.9. The molecule has 3 unspecified atom stereocenters. The number of rotatable bonds is 12. The van der Waals surface area contributed by atoms with E-state index >= 15 is 0 Å². The van der Waals surface area contributed by atoms with Crippen molar-refractivity contribution in [2.45, 2.75) is 89.8 Å². The van der Waals surface area contributed by atoms with Crippen molar-refractivity contribution in [2.24, 2.45) is 23.5 Å². The summed E-state index contributed by atoms with van der Waals surface area (Å²) in [7, 11) is 7.56. The number of nitrogens with zero attached hydrogens (tertiary/aromatic N) is 1. The molecule has 0 bridgehead atoms. The Balaban J connectivity index is 0. The lowest BCUT2D eigenvalue weighted by Crippen LogP contribution is -2.60. The Kier molecular flexibility index (Phi) is 14.7. The SMILES string of the molecule is CN(C)c1cc(NC2CC(C)(C)NC(C)(C)C2)c(O)c2c1CC(CC(CCO)C(CO)C(=O)CC(N)=O)CC2=O.CNC.O.[HH].[HH]. The number of phenolic OH excluding ortho intramolecular Hbond substituents is 1. The minimum Gasteiger partial charge on any atom is -0.505 e. The van der Waals surface area contributed by atoms with Crippen LogP contribution in [0.2, 0.25) is 0 Å². The molecule has 3 atom stereocenters. The number of anilines is 2. The number of amides is 1. The van der Waals surface area contributed by atoms with Crippen LogP contribution < -0.4 is 26.6 Å². The van der Waals surface area contributed by atoms with Crippen LogP contribution in [0, 0.1) is 17.8 Å². The van der Waals surface area contributed by atoms with Gasteiger partial charge in [-0.1, -0.05) is 0 Å². The molecule has 44 heavy (non-hydrogen) atoms. The van der Waals surface area contributed by atoms with Crippen LogP contribution in [0.5, 0.6) is 5.75 Å². The Labute approximate surface area is 265 Å². The minimum absolute atomic E-state index is 0. The summed E-state index contributed by atoms with van der Waals surface area (Å²) in [6.07, 6.45) is 2.58. The highest BCUT2D eigenvalue weighted by atomic mass is 16.3. The van der Waals surface area contributed by atoms with E-state index in [-0.39, 0.29) is 62.3 Å². The number of piperidine rings is 1. The Hall–Kier alpha value is -2.77. The summed E-state index contributed by atoms with van der Waals surface area (Å²) >= 11 is 0. The van der Waals surface area contributed by atoms with Gasteiger partial charge >= 0.3 is 0 Å². The smallest absolute Gasteiger partial charge is 0.224 e. The normalized spacial score (nSPS) is 20.2. The predicted octanol–water partition coefficient (Wildman–Crippen LogP) is 1.87. The van der Waals surface area contributed by atoms with E-state index in [1.807, 2.05) is 39.2 Å². The third-order valence-electron chi connectivity index (χ3n) is 8.33. The molecule has 1 amide bonds. The molecule has 1 fully saturated rings. The van der Waals surface area contributed by atoms with E-state index in [9.17, 15) is 29.7 Å². The summed E-state index contributed by atoms with van der Waals surface area (Å²) in [5.74, 6) is -2.84. The molecule has 0 saturated carbocycles. The Bertz CT molecular complexity index is 1130. The molecular weight excluding hydrogens is 566 g/mol. The van der Waals surface area contributed by atoms with Gasteiger partial charge in [-0.15, -0.1) is 0 Å². The number of ketones is 2. The monoisotopic (exact) mass is 627 g/mol. The van der Waals surface area contributed by atoms with Gasteiger partial charge in [-0.05, 0) is 97.4 Å². The zero-order chi connectivity index (χ0) is 32.7. The average molecular weight is 628 g/mol. The number of benzene rings is 1. The highest BCUT2D eigenvalue weighted by molar-refractivity contribution is 6.04. The molecule has 12 nitrogen and oxygen atoms in total. The van der Waals surface area contributed by atoms with Crippen LogP contribution in [0.1, 0.15) is 85.0 Å². The van der Waals surface area contributed by atoms with Crippen molar-refractivity contribution >= 4 is 28.8 Å². The van der Waals surface area contributed by atoms with Gasteiger partial charge in [0.1, 0.15) is 11.5 Å². The first-order valence-electron chi connectivity index (χ1n) is 15.3. The van der Waals surface area contributed by atoms with Gasteiger partial charge in [0.25, 0.3) is 0 Å². The summed E-state index contributed by atoms with van der Waals surface area (Å²) in [4.78, 5) is 39.4. The van der Waals surface area contributed by atoms with E-state index in [1.54, 1.807) is 0 Å². The molecule has 1 heterocycles. The van der Waals surface area contributed by atoms with Crippen LogP contribution in [0.25, 0.3) is 0 Å². The zero-order valence-electron chi connectivity index (χ0n) is 27.8. The fraction of sp³-hybridized carbons (Fsp3) is 0.719. The first kappa shape index (κ1) is 39.3. The lowest BCUT2D eigenvalue weighted by molar-refractivity contribution is -0.131. The van der Waals surface area contributed by atoms with Gasteiger partial charge in [-0.2, -0.15) is 0 Å². The van der Waals surface area contributed by atoms with Gasteiger partial charge in [0.05, 0.1) is 24.3 Å². The van der Waals surface area contributed by atoms with Crippen molar-refractivity contribution < 1.29 is 38.0 Å². The van der Waals surface area contributed by atoms with Crippen molar-refractivity contribution in [1.82, 2.24) is 10.6 Å². The molecule has 0 aromatic heterocycles. The first-order valence-corrected chi connectivity index (χ1v) is 15.3. The highest BCUT2D eigenvalue weighted by Gasteiger charge is 2.39. The van der Waals surface area contributed by atoms with E-state index in [0.717, 1.165) is 24.1 Å². The fourth-order valence-electron chi connectivity index (χ4n) is 7.14. The number of aliphatic hydroxyl groups is 2. The average Bonchev–Trinajstić information content (AvgIpc) is 2.84. The summed E-state index contributed by atoms with van der Waals surface area (Å²) in [6, 6.07) is 2.01. The number of carbonyl (C=O) groups excluding carboxylic acids is 3. The zero-order valence-corrected chi connectivity index (χ0v) is 27.8. The summed E-state index contributed by atoms with van der Waals surface area (Å²) in [5.41, 5.74) is 7.49. The van der Waals surface area contributed by atoms with E-state index in [4.69, 9.17) is 5.73 Å². The van der Waals surface area contributed by atoms with Gasteiger partial charge in [0.15, 0.2) is 5.78 Å². The first-order chi connectivity index (χ1) is 20.0.